The quantitative estimate of drug-likeness (QED) is 0.768. The van der Waals surface area contributed by atoms with Gasteiger partial charge in [0, 0.05) is 35.6 Å². The maximum atomic E-state index is 10.8. The van der Waals surface area contributed by atoms with Gasteiger partial charge in [0.25, 0.3) is 0 Å². The zero-order valence-electron chi connectivity index (χ0n) is 13.8. The summed E-state index contributed by atoms with van der Waals surface area (Å²) in [6.07, 6.45) is 2.18. The molecule has 0 atom stereocenters. The lowest BCUT2D eigenvalue weighted by molar-refractivity contribution is 0.378. The molecule has 114 valence electrons. The molecule has 21 heavy (non-hydrogen) atoms. The van der Waals surface area contributed by atoms with Crippen LogP contribution in [-0.2, 0) is 10.8 Å². The zero-order chi connectivity index (χ0) is 15.6. The van der Waals surface area contributed by atoms with Crippen LogP contribution in [0.3, 0.4) is 0 Å². The van der Waals surface area contributed by atoms with Gasteiger partial charge in [-0.05, 0) is 42.2 Å². The Hall–Kier alpha value is -1.51. The summed E-state index contributed by atoms with van der Waals surface area (Å²) in [5, 5.41) is 18.8. The summed E-state index contributed by atoms with van der Waals surface area (Å²) in [4.78, 5) is 2.43. The van der Waals surface area contributed by atoms with E-state index in [0.717, 1.165) is 31.5 Å². The van der Waals surface area contributed by atoms with Crippen molar-refractivity contribution >= 4 is 11.4 Å². The molecule has 0 saturated carbocycles. The minimum atomic E-state index is -0.0381. The van der Waals surface area contributed by atoms with E-state index in [1.807, 2.05) is 0 Å². The van der Waals surface area contributed by atoms with Crippen molar-refractivity contribution in [2.45, 2.75) is 58.3 Å². The third-order valence-corrected chi connectivity index (χ3v) is 5.41. The Labute approximate surface area is 127 Å². The molecule has 3 heteroatoms. The lowest BCUT2D eigenvalue weighted by Crippen LogP contribution is -2.45. The highest BCUT2D eigenvalue weighted by Gasteiger charge is 2.42. The Bertz CT molecular complexity index is 627. The summed E-state index contributed by atoms with van der Waals surface area (Å²) in [6.45, 7) is 12.9. The number of nitrogens with one attached hydrogen (secondary N) is 1. The summed E-state index contributed by atoms with van der Waals surface area (Å²) >= 11 is 0. The highest BCUT2D eigenvalue weighted by molar-refractivity contribution is 6.01. The van der Waals surface area contributed by atoms with Crippen molar-refractivity contribution in [3.05, 3.63) is 22.8 Å². The Morgan fingerprint density at radius 2 is 1.71 bits per heavy atom. The first-order valence-electron chi connectivity index (χ1n) is 7.86. The van der Waals surface area contributed by atoms with Gasteiger partial charge in [0.1, 0.15) is 5.75 Å². The number of anilines is 1. The number of aromatic hydroxyl groups is 1. The van der Waals surface area contributed by atoms with E-state index in [9.17, 15) is 5.11 Å². The predicted octanol–water partition coefficient (Wildman–Crippen LogP) is 3.95. The summed E-state index contributed by atoms with van der Waals surface area (Å²) in [5.41, 5.74) is 4.81. The average Bonchev–Trinajstić information content (AvgIpc) is 2.35. The smallest absolute Gasteiger partial charge is 0.130 e. The van der Waals surface area contributed by atoms with Crippen LogP contribution >= 0.6 is 0 Å². The molecule has 0 fully saturated rings. The summed E-state index contributed by atoms with van der Waals surface area (Å²) in [7, 11) is 0. The van der Waals surface area contributed by atoms with Gasteiger partial charge in [-0.25, -0.2) is 0 Å². The van der Waals surface area contributed by atoms with Crippen molar-refractivity contribution in [1.29, 1.82) is 5.41 Å². The molecule has 3 rings (SSSR count). The van der Waals surface area contributed by atoms with Gasteiger partial charge < -0.3 is 15.4 Å². The normalized spacial score (nSPS) is 21.9. The highest BCUT2D eigenvalue weighted by Crippen LogP contribution is 2.53. The van der Waals surface area contributed by atoms with E-state index in [1.54, 1.807) is 6.92 Å². The van der Waals surface area contributed by atoms with Gasteiger partial charge in [0.05, 0.1) is 0 Å². The van der Waals surface area contributed by atoms with E-state index >= 15 is 0 Å². The first kappa shape index (κ1) is 14.4. The van der Waals surface area contributed by atoms with Crippen LogP contribution in [0.1, 0.15) is 64.2 Å². The molecule has 2 heterocycles. The summed E-state index contributed by atoms with van der Waals surface area (Å²) in [5.74, 6) is 0.327. The van der Waals surface area contributed by atoms with Crippen LogP contribution in [0.4, 0.5) is 5.69 Å². The molecular formula is C18H26N2O. The molecule has 0 unspecified atom stereocenters. The van der Waals surface area contributed by atoms with Crippen LogP contribution in [-0.4, -0.2) is 23.9 Å². The molecule has 0 spiro atoms. The largest absolute Gasteiger partial charge is 0.507 e. The predicted molar refractivity (Wildman–Crippen MR) is 88.1 cm³/mol. The molecule has 2 aliphatic heterocycles. The van der Waals surface area contributed by atoms with Crippen molar-refractivity contribution in [3.8, 4) is 5.75 Å². The Morgan fingerprint density at radius 1 is 1.14 bits per heavy atom. The molecule has 0 aliphatic carbocycles. The molecule has 0 amide bonds. The van der Waals surface area contributed by atoms with E-state index in [1.165, 1.54) is 11.3 Å². The molecule has 0 aromatic heterocycles. The number of hydrogen-bond donors (Lipinski definition) is 2. The topological polar surface area (TPSA) is 47.3 Å². The third kappa shape index (κ3) is 1.97. The lowest BCUT2D eigenvalue weighted by atomic mass is 9.68. The first-order chi connectivity index (χ1) is 9.65. The summed E-state index contributed by atoms with van der Waals surface area (Å²) in [6, 6.07) is 2.06. The number of nitrogens with zero attached hydrogens (tertiary/aromatic N) is 1. The number of rotatable bonds is 1. The number of hydrogen-bond acceptors (Lipinski definition) is 3. The van der Waals surface area contributed by atoms with Crippen molar-refractivity contribution in [2.24, 2.45) is 0 Å². The number of phenols is 1. The Kier molecular flexibility index (Phi) is 2.92. The van der Waals surface area contributed by atoms with Crippen LogP contribution in [0.25, 0.3) is 0 Å². The van der Waals surface area contributed by atoms with E-state index in [2.05, 4.69) is 38.7 Å². The average molecular weight is 286 g/mol. The van der Waals surface area contributed by atoms with Crippen molar-refractivity contribution in [2.75, 3.05) is 18.0 Å². The van der Waals surface area contributed by atoms with Gasteiger partial charge in [0.15, 0.2) is 0 Å². The van der Waals surface area contributed by atoms with Gasteiger partial charge in [-0.15, -0.1) is 0 Å². The molecule has 2 N–H and O–H groups in total. The maximum absolute atomic E-state index is 10.8. The summed E-state index contributed by atoms with van der Waals surface area (Å²) < 4.78 is 0. The van der Waals surface area contributed by atoms with E-state index < -0.39 is 0 Å². The molecule has 0 bridgehead atoms. The van der Waals surface area contributed by atoms with Crippen LogP contribution < -0.4 is 4.90 Å². The molecule has 1 aromatic carbocycles. The number of phenolic OH excluding ortho intramolecular Hbond substituents is 1. The van der Waals surface area contributed by atoms with E-state index in [4.69, 9.17) is 5.41 Å². The minimum absolute atomic E-state index is 0.0381. The third-order valence-electron chi connectivity index (χ3n) is 5.41. The second kappa shape index (κ2) is 4.25. The van der Waals surface area contributed by atoms with Gasteiger partial charge in [-0.1, -0.05) is 27.7 Å². The standard InChI is InChI=1S/C18H26N2O/c1-11(19)12-10-13-15-14(16(12)21)18(4,5)7-9-20(15)8-6-17(13,2)3/h10,19,21H,6-9H2,1-5H3. The molecule has 0 radical (unpaired) electrons. The fraction of sp³-hybridized carbons (Fsp3) is 0.611. The molecule has 3 nitrogen and oxygen atoms in total. The lowest BCUT2D eigenvalue weighted by Gasteiger charge is -2.48. The van der Waals surface area contributed by atoms with Crippen molar-refractivity contribution in [3.63, 3.8) is 0 Å². The van der Waals surface area contributed by atoms with Gasteiger partial charge >= 0.3 is 0 Å². The Balaban J connectivity index is 2.40. The fourth-order valence-electron chi connectivity index (χ4n) is 3.86. The van der Waals surface area contributed by atoms with Crippen LogP contribution in [0, 0.1) is 5.41 Å². The van der Waals surface area contributed by atoms with Gasteiger partial charge in [-0.2, -0.15) is 0 Å². The minimum Gasteiger partial charge on any atom is -0.507 e. The second-order valence-electron chi connectivity index (χ2n) is 7.92. The van der Waals surface area contributed by atoms with Crippen LogP contribution in [0.5, 0.6) is 5.75 Å². The monoisotopic (exact) mass is 286 g/mol. The molecule has 1 aromatic rings. The number of benzene rings is 1. The maximum Gasteiger partial charge on any atom is 0.130 e. The molecule has 0 saturated heterocycles. The molecular weight excluding hydrogens is 260 g/mol. The van der Waals surface area contributed by atoms with Crippen molar-refractivity contribution in [1.82, 2.24) is 0 Å². The second-order valence-corrected chi connectivity index (χ2v) is 7.92. The highest BCUT2D eigenvalue weighted by atomic mass is 16.3. The first-order valence-corrected chi connectivity index (χ1v) is 7.86. The SMILES string of the molecule is CC(=N)c1cc2c3c(c1O)C(C)(C)CCN3CCC2(C)C. The van der Waals surface area contributed by atoms with Gasteiger partial charge in [-0.3, -0.25) is 0 Å². The van der Waals surface area contributed by atoms with E-state index in [-0.39, 0.29) is 10.8 Å². The zero-order valence-corrected chi connectivity index (χ0v) is 13.8. The van der Waals surface area contributed by atoms with Gasteiger partial charge in [0.2, 0.25) is 0 Å². The Morgan fingerprint density at radius 3 is 2.29 bits per heavy atom. The molecule has 2 aliphatic rings. The van der Waals surface area contributed by atoms with Crippen molar-refractivity contribution < 1.29 is 5.11 Å². The fourth-order valence-corrected chi connectivity index (χ4v) is 3.86. The van der Waals surface area contributed by atoms with Crippen LogP contribution in [0.2, 0.25) is 0 Å². The van der Waals surface area contributed by atoms with E-state index in [0.29, 0.717) is 17.0 Å². The van der Waals surface area contributed by atoms with Crippen LogP contribution in [0.15, 0.2) is 6.07 Å².